The highest BCUT2D eigenvalue weighted by Gasteiger charge is 2.24. The summed E-state index contributed by atoms with van der Waals surface area (Å²) >= 11 is 0. The number of nitrogens with one attached hydrogen (secondary N) is 1. The molecule has 0 aromatic rings. The summed E-state index contributed by atoms with van der Waals surface area (Å²) in [5, 5.41) is 3.79. The molecule has 0 spiro atoms. The number of hydrogen-bond acceptors (Lipinski definition) is 4. The molecule has 4 nitrogen and oxygen atoms in total. The molecule has 0 amide bonds. The van der Waals surface area contributed by atoms with Gasteiger partial charge in [-0.2, -0.15) is 0 Å². The molecule has 1 N–H and O–H groups in total. The zero-order valence-corrected chi connectivity index (χ0v) is 12.4. The summed E-state index contributed by atoms with van der Waals surface area (Å²) in [5.74, 6) is 0. The van der Waals surface area contributed by atoms with Gasteiger partial charge in [0.05, 0.1) is 0 Å². The van der Waals surface area contributed by atoms with Gasteiger partial charge in [0.25, 0.3) is 0 Å². The Kier molecular flexibility index (Phi) is 5.42. The molecular formula is C14H30N4. The fourth-order valence-corrected chi connectivity index (χ4v) is 3.08. The van der Waals surface area contributed by atoms with E-state index in [1.54, 1.807) is 0 Å². The van der Waals surface area contributed by atoms with E-state index >= 15 is 0 Å². The van der Waals surface area contributed by atoms with E-state index in [0.29, 0.717) is 6.04 Å². The molecule has 2 heterocycles. The van der Waals surface area contributed by atoms with Crippen molar-refractivity contribution in [3.63, 3.8) is 0 Å². The zero-order valence-electron chi connectivity index (χ0n) is 12.4. The Morgan fingerprint density at radius 1 is 1.06 bits per heavy atom. The predicted molar refractivity (Wildman–Crippen MR) is 77.1 cm³/mol. The van der Waals surface area contributed by atoms with Crippen LogP contribution < -0.4 is 5.32 Å². The second-order valence-corrected chi connectivity index (χ2v) is 6.01. The van der Waals surface area contributed by atoms with Crippen molar-refractivity contribution < 1.29 is 0 Å². The second-order valence-electron chi connectivity index (χ2n) is 6.01. The molecule has 1 unspecified atom stereocenters. The van der Waals surface area contributed by atoms with Crippen molar-refractivity contribution in [3.8, 4) is 0 Å². The first-order chi connectivity index (χ1) is 8.69. The van der Waals surface area contributed by atoms with Crippen LogP contribution in [-0.4, -0.2) is 86.7 Å². The topological polar surface area (TPSA) is 21.8 Å². The number of rotatable bonds is 4. The highest BCUT2D eigenvalue weighted by Crippen LogP contribution is 2.11. The van der Waals surface area contributed by atoms with Gasteiger partial charge in [0.2, 0.25) is 0 Å². The Balaban J connectivity index is 1.68. The average molecular weight is 254 g/mol. The Labute approximate surface area is 112 Å². The quantitative estimate of drug-likeness (QED) is 0.779. The van der Waals surface area contributed by atoms with Gasteiger partial charge in [-0.3, -0.25) is 4.90 Å². The number of likely N-dealkylation sites (tertiary alicyclic amines) is 1. The molecule has 2 rings (SSSR count). The molecule has 0 aromatic carbocycles. The van der Waals surface area contributed by atoms with Crippen molar-refractivity contribution in [2.45, 2.75) is 31.8 Å². The second kappa shape index (κ2) is 6.85. The van der Waals surface area contributed by atoms with Crippen molar-refractivity contribution in [1.82, 2.24) is 20.0 Å². The van der Waals surface area contributed by atoms with Crippen LogP contribution in [0.1, 0.15) is 19.8 Å². The van der Waals surface area contributed by atoms with Crippen molar-refractivity contribution >= 4 is 0 Å². The summed E-state index contributed by atoms with van der Waals surface area (Å²) in [6, 6.07) is 1.43. The molecule has 0 saturated carbocycles. The van der Waals surface area contributed by atoms with Crippen LogP contribution in [-0.2, 0) is 0 Å². The van der Waals surface area contributed by atoms with Gasteiger partial charge >= 0.3 is 0 Å². The lowest BCUT2D eigenvalue weighted by Gasteiger charge is -2.39. The largest absolute Gasteiger partial charge is 0.312 e. The summed E-state index contributed by atoms with van der Waals surface area (Å²) < 4.78 is 0. The van der Waals surface area contributed by atoms with Crippen LogP contribution in [0.2, 0.25) is 0 Å². The number of piperidine rings is 1. The Morgan fingerprint density at radius 3 is 2.44 bits per heavy atom. The van der Waals surface area contributed by atoms with E-state index in [1.165, 1.54) is 52.1 Å². The van der Waals surface area contributed by atoms with Gasteiger partial charge in [0.15, 0.2) is 0 Å². The van der Waals surface area contributed by atoms with E-state index in [-0.39, 0.29) is 0 Å². The summed E-state index contributed by atoms with van der Waals surface area (Å²) in [4.78, 5) is 7.51. The first-order valence-electron chi connectivity index (χ1n) is 7.53. The molecule has 2 aliphatic rings. The van der Waals surface area contributed by atoms with Gasteiger partial charge in [-0.15, -0.1) is 0 Å². The third-order valence-corrected chi connectivity index (χ3v) is 4.66. The van der Waals surface area contributed by atoms with E-state index < -0.39 is 0 Å². The Hall–Kier alpha value is -0.160. The molecule has 106 valence electrons. The van der Waals surface area contributed by atoms with Gasteiger partial charge in [-0.25, -0.2) is 0 Å². The molecule has 1 atom stereocenters. The fraction of sp³-hybridized carbons (Fsp3) is 1.00. The zero-order chi connectivity index (χ0) is 13.0. The molecule has 2 aliphatic heterocycles. The fourth-order valence-electron chi connectivity index (χ4n) is 3.08. The maximum absolute atomic E-state index is 3.79. The smallest absolute Gasteiger partial charge is 0.0345 e. The van der Waals surface area contributed by atoms with Crippen LogP contribution >= 0.6 is 0 Å². The van der Waals surface area contributed by atoms with Crippen molar-refractivity contribution in [2.24, 2.45) is 0 Å². The molecule has 2 fully saturated rings. The summed E-state index contributed by atoms with van der Waals surface area (Å²) in [6.45, 7) is 10.8. The number of hydrogen-bond donors (Lipinski definition) is 1. The van der Waals surface area contributed by atoms with Crippen molar-refractivity contribution in [1.29, 1.82) is 0 Å². The van der Waals surface area contributed by atoms with Gasteiger partial charge in [0, 0.05) is 38.3 Å². The minimum atomic E-state index is 0.688. The lowest BCUT2D eigenvalue weighted by Crippen LogP contribution is -2.55. The molecule has 0 bridgehead atoms. The first kappa shape index (κ1) is 14.3. The standard InChI is InChI=1S/C14H30N4/c1-4-18-7-5-13(6-8-18)15-11-14-12-16(2)9-10-17(14)3/h13-15H,4-12H2,1-3H3. The number of nitrogens with zero attached hydrogens (tertiary/aromatic N) is 3. The van der Waals surface area contributed by atoms with Crippen LogP contribution in [0, 0.1) is 0 Å². The maximum atomic E-state index is 3.79. The highest BCUT2D eigenvalue weighted by atomic mass is 15.3. The molecule has 4 heteroatoms. The van der Waals surface area contributed by atoms with Crippen LogP contribution in [0.25, 0.3) is 0 Å². The van der Waals surface area contributed by atoms with Crippen molar-refractivity contribution in [2.75, 3.05) is 59.9 Å². The van der Waals surface area contributed by atoms with Gasteiger partial charge in [-0.05, 0) is 46.6 Å². The third-order valence-electron chi connectivity index (χ3n) is 4.66. The molecule has 2 saturated heterocycles. The predicted octanol–water partition coefficient (Wildman–Crippen LogP) is 0.306. The van der Waals surface area contributed by atoms with E-state index in [9.17, 15) is 0 Å². The van der Waals surface area contributed by atoms with Gasteiger partial charge < -0.3 is 15.1 Å². The van der Waals surface area contributed by atoms with Crippen LogP contribution in [0.3, 0.4) is 0 Å². The maximum Gasteiger partial charge on any atom is 0.0345 e. The molecule has 0 aliphatic carbocycles. The van der Waals surface area contributed by atoms with Crippen LogP contribution in [0.5, 0.6) is 0 Å². The Morgan fingerprint density at radius 2 is 1.78 bits per heavy atom. The average Bonchev–Trinajstić information content (AvgIpc) is 2.40. The van der Waals surface area contributed by atoms with Crippen LogP contribution in [0.15, 0.2) is 0 Å². The molecular weight excluding hydrogens is 224 g/mol. The summed E-state index contributed by atoms with van der Waals surface area (Å²) in [5.41, 5.74) is 0. The number of piperazine rings is 1. The van der Waals surface area contributed by atoms with E-state index in [2.05, 4.69) is 41.0 Å². The van der Waals surface area contributed by atoms with Crippen LogP contribution in [0.4, 0.5) is 0 Å². The lowest BCUT2D eigenvalue weighted by molar-refractivity contribution is 0.107. The van der Waals surface area contributed by atoms with E-state index in [1.807, 2.05) is 0 Å². The summed E-state index contributed by atoms with van der Waals surface area (Å²) in [7, 11) is 4.50. The SMILES string of the molecule is CCN1CCC(NCC2CN(C)CCN2C)CC1. The number of likely N-dealkylation sites (N-methyl/N-ethyl adjacent to an activating group) is 2. The van der Waals surface area contributed by atoms with Gasteiger partial charge in [0.1, 0.15) is 0 Å². The Bertz CT molecular complexity index is 238. The van der Waals surface area contributed by atoms with Gasteiger partial charge in [-0.1, -0.05) is 6.92 Å². The molecule has 0 aromatic heterocycles. The van der Waals surface area contributed by atoms with E-state index in [0.717, 1.165) is 12.6 Å². The molecule has 0 radical (unpaired) electrons. The minimum absolute atomic E-state index is 0.688. The minimum Gasteiger partial charge on any atom is -0.312 e. The monoisotopic (exact) mass is 254 g/mol. The van der Waals surface area contributed by atoms with Crippen molar-refractivity contribution in [3.05, 3.63) is 0 Å². The van der Waals surface area contributed by atoms with E-state index in [4.69, 9.17) is 0 Å². The third kappa shape index (κ3) is 3.92. The lowest BCUT2D eigenvalue weighted by atomic mass is 10.0. The normalized spacial score (nSPS) is 29.8. The first-order valence-corrected chi connectivity index (χ1v) is 7.53. The summed E-state index contributed by atoms with van der Waals surface area (Å²) in [6.07, 6.45) is 2.64. The molecule has 18 heavy (non-hydrogen) atoms. The highest BCUT2D eigenvalue weighted by molar-refractivity contribution is 4.83.